The molecule has 8 nitrogen and oxygen atoms in total. The highest BCUT2D eigenvalue weighted by molar-refractivity contribution is 7.94. The third-order valence-electron chi connectivity index (χ3n) is 4.53. The lowest BCUT2D eigenvalue weighted by molar-refractivity contribution is -0.152. The summed E-state index contributed by atoms with van der Waals surface area (Å²) in [6.07, 6.45) is 2.77. The Labute approximate surface area is 138 Å². The number of amides is 1. The van der Waals surface area contributed by atoms with Gasteiger partial charge in [0.25, 0.3) is 5.91 Å². The second-order valence-corrected chi connectivity index (χ2v) is 8.89. The molecule has 1 aromatic heterocycles. The number of carboxylic acid groups (broad SMARTS) is 1. The van der Waals surface area contributed by atoms with Crippen molar-refractivity contribution in [3.05, 3.63) is 35.2 Å². The zero-order chi connectivity index (χ0) is 17.9. The lowest BCUT2D eigenvalue weighted by Gasteiger charge is -2.37. The van der Waals surface area contributed by atoms with Crippen LogP contribution in [0.5, 0.6) is 0 Å². The van der Waals surface area contributed by atoms with Crippen LogP contribution in [0.2, 0.25) is 0 Å². The molecule has 2 atom stereocenters. The molecule has 3 heterocycles. The van der Waals surface area contributed by atoms with Crippen molar-refractivity contribution in [1.29, 1.82) is 0 Å². The van der Waals surface area contributed by atoms with Crippen molar-refractivity contribution in [3.63, 3.8) is 0 Å². The summed E-state index contributed by atoms with van der Waals surface area (Å²) in [7, 11) is -3.90. The number of β-lactam (4-membered cyclic amide) rings is 1. The van der Waals surface area contributed by atoms with E-state index in [9.17, 15) is 23.1 Å². The maximum Gasteiger partial charge on any atom is 0.328 e. The number of fused-ring (bicyclic) bond motifs is 1. The van der Waals surface area contributed by atoms with Crippen LogP contribution in [0, 0.1) is 0 Å². The third kappa shape index (κ3) is 2.01. The monoisotopic (exact) mass is 352 g/mol. The molecule has 9 heteroatoms. The van der Waals surface area contributed by atoms with Crippen molar-refractivity contribution in [2.75, 3.05) is 0 Å². The smallest absolute Gasteiger partial charge is 0.328 e. The first-order valence-corrected chi connectivity index (χ1v) is 8.74. The largest absolute Gasteiger partial charge is 0.480 e. The minimum absolute atomic E-state index is 0.00517. The van der Waals surface area contributed by atoms with E-state index in [1.54, 1.807) is 6.07 Å². The van der Waals surface area contributed by atoms with Crippen molar-refractivity contribution >= 4 is 27.8 Å². The average molecular weight is 352 g/mol. The van der Waals surface area contributed by atoms with Crippen molar-refractivity contribution in [1.82, 2.24) is 9.88 Å². The molecule has 0 unspecified atom stereocenters. The molecule has 1 amide bonds. The molecule has 3 rings (SSSR count). The molecule has 2 N–H and O–H groups in total. The molecule has 0 saturated carbocycles. The van der Waals surface area contributed by atoms with Crippen molar-refractivity contribution in [2.24, 2.45) is 0 Å². The van der Waals surface area contributed by atoms with E-state index in [1.807, 2.05) is 0 Å². The van der Waals surface area contributed by atoms with Crippen LogP contribution in [-0.4, -0.2) is 56.6 Å². The number of hydrogen-bond donors (Lipinski definition) is 2. The van der Waals surface area contributed by atoms with E-state index < -0.39 is 37.9 Å². The van der Waals surface area contributed by atoms with Gasteiger partial charge in [-0.25, -0.2) is 13.2 Å². The number of aliphatic hydroxyl groups is 1. The van der Waals surface area contributed by atoms with E-state index >= 15 is 0 Å². The number of carbonyl (C=O) groups is 2. The van der Waals surface area contributed by atoms with Crippen LogP contribution in [0.4, 0.5) is 0 Å². The molecular formula is C15H16N2O6S. The summed E-state index contributed by atoms with van der Waals surface area (Å²) >= 11 is 0. The number of hydrogen-bond acceptors (Lipinski definition) is 6. The Morgan fingerprint density at radius 2 is 2.12 bits per heavy atom. The van der Waals surface area contributed by atoms with E-state index in [-0.39, 0.29) is 12.2 Å². The van der Waals surface area contributed by atoms with Gasteiger partial charge in [0.05, 0.1) is 17.9 Å². The van der Waals surface area contributed by atoms with E-state index in [2.05, 4.69) is 4.98 Å². The fourth-order valence-corrected chi connectivity index (χ4v) is 5.29. The van der Waals surface area contributed by atoms with Crippen molar-refractivity contribution < 1.29 is 28.2 Å². The van der Waals surface area contributed by atoms with Crippen molar-refractivity contribution in [2.45, 2.75) is 36.6 Å². The number of aliphatic carboxylic acids is 1. The lowest BCUT2D eigenvalue weighted by Crippen LogP contribution is -2.58. The summed E-state index contributed by atoms with van der Waals surface area (Å²) < 4.78 is 23.8. The first kappa shape index (κ1) is 16.6. The van der Waals surface area contributed by atoms with Gasteiger partial charge in [0, 0.05) is 6.20 Å². The molecule has 1 aromatic rings. The summed E-state index contributed by atoms with van der Waals surface area (Å²) in [5.41, 5.74) is 0.893. The van der Waals surface area contributed by atoms with Gasteiger partial charge < -0.3 is 15.1 Å². The van der Waals surface area contributed by atoms with Crippen LogP contribution in [0.25, 0.3) is 6.08 Å². The molecule has 0 aromatic carbocycles. The second-order valence-electron chi connectivity index (χ2n) is 6.30. The SMILES string of the molecule is CC1(C)[C@H](C(=O)O)N2C(=O)/C(=C/c3cc(CO)ccn3)[C@H]2S1(=O)=O. The second kappa shape index (κ2) is 5.12. The summed E-state index contributed by atoms with van der Waals surface area (Å²) in [5.74, 6) is -1.98. The number of carbonyl (C=O) groups excluding carboxylic acids is 1. The van der Waals surface area contributed by atoms with Crippen LogP contribution < -0.4 is 0 Å². The number of aromatic nitrogens is 1. The highest BCUT2D eigenvalue weighted by Gasteiger charge is 2.70. The van der Waals surface area contributed by atoms with Gasteiger partial charge in [-0.3, -0.25) is 9.78 Å². The Balaban J connectivity index is 2.08. The quantitative estimate of drug-likeness (QED) is 0.569. The van der Waals surface area contributed by atoms with Gasteiger partial charge in [0.2, 0.25) is 0 Å². The Bertz CT molecular complexity index is 874. The van der Waals surface area contributed by atoms with E-state index in [0.29, 0.717) is 11.3 Å². The summed E-state index contributed by atoms with van der Waals surface area (Å²) in [6, 6.07) is 1.70. The zero-order valence-electron chi connectivity index (χ0n) is 13.0. The molecule has 2 fully saturated rings. The summed E-state index contributed by atoms with van der Waals surface area (Å²) in [6.45, 7) is 2.42. The highest BCUT2D eigenvalue weighted by atomic mass is 32.2. The molecule has 0 spiro atoms. The van der Waals surface area contributed by atoms with Crippen LogP contribution >= 0.6 is 0 Å². The summed E-state index contributed by atoms with van der Waals surface area (Å²) in [5, 5.41) is 17.2. The van der Waals surface area contributed by atoms with Crippen molar-refractivity contribution in [3.8, 4) is 0 Å². The molecule has 24 heavy (non-hydrogen) atoms. The number of sulfone groups is 1. The number of nitrogens with zero attached hydrogens (tertiary/aromatic N) is 2. The number of pyridine rings is 1. The number of rotatable bonds is 3. The van der Waals surface area contributed by atoms with Gasteiger partial charge >= 0.3 is 5.97 Å². The number of aliphatic hydroxyl groups excluding tert-OH is 1. The van der Waals surface area contributed by atoms with Gasteiger partial charge in [-0.05, 0) is 37.6 Å². The zero-order valence-corrected chi connectivity index (χ0v) is 13.8. The fraction of sp³-hybridized carbons (Fsp3) is 0.400. The molecular weight excluding hydrogens is 336 g/mol. The standard InChI is InChI=1S/C15H16N2O6S/c1-15(2)11(14(20)21)17-12(19)10(13(17)24(15,22)23)6-9-5-8(7-18)3-4-16-9/h3-6,11,13,18H,7H2,1-2H3,(H,20,21)/b10-6-/t11-,13+/m0/s1. The minimum Gasteiger partial charge on any atom is -0.480 e. The maximum absolute atomic E-state index is 12.7. The molecule has 2 aliphatic heterocycles. The average Bonchev–Trinajstić information content (AvgIpc) is 2.66. The fourth-order valence-electron chi connectivity index (χ4n) is 3.17. The molecule has 0 radical (unpaired) electrons. The topological polar surface area (TPSA) is 125 Å². The molecule has 0 aliphatic carbocycles. The van der Waals surface area contributed by atoms with E-state index in [4.69, 9.17) is 5.11 Å². The van der Waals surface area contributed by atoms with Gasteiger partial charge in [0.15, 0.2) is 21.3 Å². The van der Waals surface area contributed by atoms with Crippen LogP contribution in [-0.2, 0) is 26.0 Å². The predicted octanol–water partition coefficient (Wildman–Crippen LogP) is -0.214. The van der Waals surface area contributed by atoms with Crippen LogP contribution in [0.15, 0.2) is 23.9 Å². The van der Waals surface area contributed by atoms with Crippen LogP contribution in [0.1, 0.15) is 25.1 Å². The number of carboxylic acids is 1. The highest BCUT2D eigenvalue weighted by Crippen LogP contribution is 2.48. The Kier molecular flexibility index (Phi) is 3.54. The first-order chi connectivity index (χ1) is 11.1. The van der Waals surface area contributed by atoms with Gasteiger partial charge in [-0.15, -0.1) is 0 Å². The maximum atomic E-state index is 12.7. The lowest BCUT2D eigenvalue weighted by atomic mass is 9.95. The minimum atomic E-state index is -3.90. The third-order valence-corrected chi connectivity index (χ3v) is 7.29. The predicted molar refractivity (Wildman–Crippen MR) is 83.2 cm³/mol. The van der Waals surface area contributed by atoms with Crippen LogP contribution in [0.3, 0.4) is 0 Å². The Hall–Kier alpha value is -2.26. The first-order valence-electron chi connectivity index (χ1n) is 7.19. The molecule has 2 saturated heterocycles. The summed E-state index contributed by atoms with van der Waals surface area (Å²) in [4.78, 5) is 28.7. The van der Waals surface area contributed by atoms with E-state index in [1.165, 1.54) is 32.2 Å². The molecule has 128 valence electrons. The van der Waals surface area contributed by atoms with Gasteiger partial charge in [0.1, 0.15) is 4.75 Å². The molecule has 0 bridgehead atoms. The Morgan fingerprint density at radius 1 is 1.46 bits per heavy atom. The van der Waals surface area contributed by atoms with E-state index in [0.717, 1.165) is 4.90 Å². The van der Waals surface area contributed by atoms with Gasteiger partial charge in [-0.1, -0.05) is 0 Å². The Morgan fingerprint density at radius 3 is 2.71 bits per heavy atom. The van der Waals surface area contributed by atoms with Gasteiger partial charge in [-0.2, -0.15) is 0 Å². The molecule has 2 aliphatic rings. The normalized spacial score (nSPS) is 28.5.